The minimum atomic E-state index is -1.31. The fraction of sp³-hybridized carbons (Fsp3) is 0.438. The maximum Gasteiger partial charge on any atom is 0.186 e. The number of phenolic OH excluding ortho intramolecular Hbond substituents is 1. The normalized spacial score (nSPS) is 28.7. The van der Waals surface area contributed by atoms with E-state index in [1.807, 2.05) is 6.07 Å². The predicted molar refractivity (Wildman–Crippen MR) is 75.3 cm³/mol. The van der Waals surface area contributed by atoms with Crippen LogP contribution in [0.15, 0.2) is 36.4 Å². The van der Waals surface area contributed by atoms with Crippen LogP contribution in [-0.2, 0) is 11.2 Å². The topological polar surface area (TPSA) is 77.8 Å². The Kier molecular flexibility index (Phi) is 4.93. The Hall–Kier alpha value is -1.65. The molecule has 4 nitrogen and oxygen atoms in total. The van der Waals surface area contributed by atoms with Crippen LogP contribution in [0.4, 0.5) is 0 Å². The molecule has 4 heteroatoms. The second-order valence-electron chi connectivity index (χ2n) is 5.36. The molecule has 0 bridgehead atoms. The lowest BCUT2D eigenvalue weighted by molar-refractivity contribution is -0.128. The van der Waals surface area contributed by atoms with Gasteiger partial charge in [0.2, 0.25) is 0 Å². The minimum absolute atomic E-state index is 0.214. The average molecular weight is 276 g/mol. The van der Waals surface area contributed by atoms with Gasteiger partial charge in [-0.1, -0.05) is 18.2 Å². The summed E-state index contributed by atoms with van der Waals surface area (Å²) >= 11 is 0. The Morgan fingerprint density at radius 2 is 2.05 bits per heavy atom. The molecule has 20 heavy (non-hydrogen) atoms. The fourth-order valence-electron chi connectivity index (χ4n) is 2.55. The number of aliphatic hydroxyl groups is 2. The molecule has 3 N–H and O–H groups in total. The highest BCUT2D eigenvalue weighted by atomic mass is 16.3. The molecule has 1 aliphatic carbocycles. The van der Waals surface area contributed by atoms with Crippen molar-refractivity contribution in [1.82, 2.24) is 0 Å². The van der Waals surface area contributed by atoms with Crippen LogP contribution in [0.5, 0.6) is 5.75 Å². The summed E-state index contributed by atoms with van der Waals surface area (Å²) in [6, 6.07) is 7.12. The number of hydrogen-bond acceptors (Lipinski definition) is 4. The number of benzene rings is 1. The Morgan fingerprint density at radius 1 is 1.25 bits per heavy atom. The number of allylic oxidation sites excluding steroid dienone is 1. The van der Waals surface area contributed by atoms with Gasteiger partial charge in [0.1, 0.15) is 11.9 Å². The van der Waals surface area contributed by atoms with Gasteiger partial charge in [0.25, 0.3) is 0 Å². The summed E-state index contributed by atoms with van der Waals surface area (Å²) in [5, 5.41) is 28.8. The van der Waals surface area contributed by atoms with Crippen LogP contribution in [0.25, 0.3) is 0 Å². The maximum atomic E-state index is 11.4. The molecule has 0 aliphatic heterocycles. The molecule has 0 heterocycles. The highest BCUT2D eigenvalue weighted by Gasteiger charge is 2.26. The Morgan fingerprint density at radius 3 is 2.80 bits per heavy atom. The molecule has 0 saturated heterocycles. The first-order valence-corrected chi connectivity index (χ1v) is 6.90. The number of carbonyl (C=O) groups is 1. The van der Waals surface area contributed by atoms with E-state index >= 15 is 0 Å². The van der Waals surface area contributed by atoms with E-state index in [2.05, 4.69) is 0 Å². The molecule has 3 unspecified atom stereocenters. The monoisotopic (exact) mass is 276 g/mol. The summed E-state index contributed by atoms with van der Waals surface area (Å²) in [5.41, 5.74) is 1.04. The number of aryl methyl sites for hydroxylation is 1. The zero-order chi connectivity index (χ0) is 14.5. The van der Waals surface area contributed by atoms with Crippen LogP contribution in [0, 0.1) is 5.92 Å². The van der Waals surface area contributed by atoms with Crippen LogP contribution >= 0.6 is 0 Å². The SMILES string of the molecule is O=C1/C=C\CC(CCc2cccc(O)c2)CC(O)C1O. The summed E-state index contributed by atoms with van der Waals surface area (Å²) in [5.74, 6) is 0.0383. The van der Waals surface area contributed by atoms with Gasteiger partial charge < -0.3 is 15.3 Å². The van der Waals surface area contributed by atoms with E-state index in [-0.39, 0.29) is 11.7 Å². The summed E-state index contributed by atoms with van der Waals surface area (Å²) in [6.45, 7) is 0. The molecule has 1 aromatic rings. The highest BCUT2D eigenvalue weighted by molar-refractivity contribution is 5.93. The number of carbonyl (C=O) groups excluding carboxylic acids is 1. The highest BCUT2D eigenvalue weighted by Crippen LogP contribution is 2.23. The van der Waals surface area contributed by atoms with Crippen molar-refractivity contribution in [2.75, 3.05) is 0 Å². The summed E-state index contributed by atoms with van der Waals surface area (Å²) in [4.78, 5) is 11.4. The molecule has 0 fully saturated rings. The van der Waals surface area contributed by atoms with Crippen molar-refractivity contribution in [2.45, 2.75) is 37.9 Å². The summed E-state index contributed by atoms with van der Waals surface area (Å²) < 4.78 is 0. The summed E-state index contributed by atoms with van der Waals surface area (Å²) in [7, 11) is 0. The fourth-order valence-corrected chi connectivity index (χ4v) is 2.55. The lowest BCUT2D eigenvalue weighted by Gasteiger charge is -2.23. The van der Waals surface area contributed by atoms with E-state index in [0.29, 0.717) is 12.8 Å². The van der Waals surface area contributed by atoms with Crippen molar-refractivity contribution in [3.8, 4) is 5.75 Å². The van der Waals surface area contributed by atoms with Crippen LogP contribution in [0.3, 0.4) is 0 Å². The first-order valence-electron chi connectivity index (χ1n) is 6.90. The van der Waals surface area contributed by atoms with Gasteiger partial charge in [-0.15, -0.1) is 0 Å². The molecular weight excluding hydrogens is 256 g/mol. The van der Waals surface area contributed by atoms with Crippen molar-refractivity contribution < 1.29 is 20.1 Å². The van der Waals surface area contributed by atoms with Gasteiger partial charge in [-0.05, 0) is 55.4 Å². The standard InChI is InChI=1S/C16H20O4/c17-13-5-1-3-11(9-13)7-8-12-4-2-6-14(18)16(20)15(19)10-12/h1-3,5-6,9,12,15-17,19-20H,4,7-8,10H2/b6-2-. The van der Waals surface area contributed by atoms with Crippen molar-refractivity contribution in [2.24, 2.45) is 5.92 Å². The molecule has 0 aromatic heterocycles. The van der Waals surface area contributed by atoms with Gasteiger partial charge in [-0.3, -0.25) is 4.79 Å². The zero-order valence-corrected chi connectivity index (χ0v) is 11.3. The third-order valence-electron chi connectivity index (χ3n) is 3.73. The van der Waals surface area contributed by atoms with E-state index in [4.69, 9.17) is 0 Å². The molecule has 1 aromatic carbocycles. The molecule has 0 saturated carbocycles. The Labute approximate surface area is 118 Å². The number of phenols is 1. The number of aliphatic hydroxyl groups excluding tert-OH is 2. The lowest BCUT2D eigenvalue weighted by Crippen LogP contribution is -2.35. The van der Waals surface area contributed by atoms with Gasteiger partial charge in [0.05, 0.1) is 6.10 Å². The Balaban J connectivity index is 1.95. The van der Waals surface area contributed by atoms with Gasteiger partial charge in [-0.2, -0.15) is 0 Å². The number of ketones is 1. The lowest BCUT2D eigenvalue weighted by atomic mass is 9.87. The molecular formula is C16H20O4. The van der Waals surface area contributed by atoms with Gasteiger partial charge >= 0.3 is 0 Å². The number of aromatic hydroxyl groups is 1. The molecule has 0 amide bonds. The molecule has 0 spiro atoms. The second-order valence-corrected chi connectivity index (χ2v) is 5.36. The molecule has 108 valence electrons. The van der Waals surface area contributed by atoms with E-state index in [1.165, 1.54) is 6.08 Å². The largest absolute Gasteiger partial charge is 0.508 e. The average Bonchev–Trinajstić information content (AvgIpc) is 2.42. The maximum absolute atomic E-state index is 11.4. The van der Waals surface area contributed by atoms with Crippen LogP contribution in [0.1, 0.15) is 24.8 Å². The minimum Gasteiger partial charge on any atom is -0.508 e. The molecule has 0 radical (unpaired) electrons. The second kappa shape index (κ2) is 6.68. The predicted octanol–water partition coefficient (Wildman–Crippen LogP) is 1.58. The molecule has 2 rings (SSSR count). The first-order chi connectivity index (χ1) is 9.56. The van der Waals surface area contributed by atoms with E-state index in [9.17, 15) is 20.1 Å². The molecule has 3 atom stereocenters. The third kappa shape index (κ3) is 3.92. The number of hydrogen-bond donors (Lipinski definition) is 3. The summed E-state index contributed by atoms with van der Waals surface area (Å²) in [6.07, 6.45) is 3.58. The van der Waals surface area contributed by atoms with Crippen molar-refractivity contribution in [3.05, 3.63) is 42.0 Å². The smallest absolute Gasteiger partial charge is 0.186 e. The number of rotatable bonds is 3. The van der Waals surface area contributed by atoms with Gasteiger partial charge in [-0.25, -0.2) is 0 Å². The third-order valence-corrected chi connectivity index (χ3v) is 3.73. The Bertz CT molecular complexity index is 495. The van der Waals surface area contributed by atoms with E-state index in [1.54, 1.807) is 24.3 Å². The van der Waals surface area contributed by atoms with E-state index in [0.717, 1.165) is 18.4 Å². The van der Waals surface area contributed by atoms with E-state index < -0.39 is 18.0 Å². The van der Waals surface area contributed by atoms with Gasteiger partial charge in [0, 0.05) is 0 Å². The van der Waals surface area contributed by atoms with Crippen LogP contribution in [0.2, 0.25) is 0 Å². The zero-order valence-electron chi connectivity index (χ0n) is 11.3. The van der Waals surface area contributed by atoms with Crippen LogP contribution < -0.4 is 0 Å². The van der Waals surface area contributed by atoms with Crippen LogP contribution in [-0.4, -0.2) is 33.3 Å². The molecule has 1 aliphatic rings. The van der Waals surface area contributed by atoms with Gasteiger partial charge in [0.15, 0.2) is 5.78 Å². The quantitative estimate of drug-likeness (QED) is 0.783. The van der Waals surface area contributed by atoms with Crippen molar-refractivity contribution in [1.29, 1.82) is 0 Å². The van der Waals surface area contributed by atoms with Crippen molar-refractivity contribution >= 4 is 5.78 Å². The first kappa shape index (κ1) is 14.8. The van der Waals surface area contributed by atoms with Crippen molar-refractivity contribution in [3.63, 3.8) is 0 Å².